The van der Waals surface area contributed by atoms with Gasteiger partial charge in [-0.05, 0) is 43.7 Å². The minimum atomic E-state index is 0.658. The molecule has 130 valence electrons. The van der Waals surface area contributed by atoms with Crippen LogP contribution in [0.3, 0.4) is 0 Å². The van der Waals surface area contributed by atoms with Gasteiger partial charge in [-0.25, -0.2) is 15.0 Å². The highest BCUT2D eigenvalue weighted by molar-refractivity contribution is 5.86. The van der Waals surface area contributed by atoms with E-state index in [1.165, 1.54) is 11.1 Å². The molecule has 0 aliphatic rings. The molecule has 3 aromatic carbocycles. The zero-order valence-corrected chi connectivity index (χ0v) is 15.2. The van der Waals surface area contributed by atoms with Crippen molar-refractivity contribution in [3.63, 3.8) is 0 Å². The van der Waals surface area contributed by atoms with Crippen molar-refractivity contribution in [3.8, 4) is 17.1 Å². The molecule has 0 saturated carbocycles. The van der Waals surface area contributed by atoms with Gasteiger partial charge >= 0.3 is 0 Å². The van der Waals surface area contributed by atoms with Crippen molar-refractivity contribution >= 4 is 22.3 Å². The Balaban J connectivity index is 1.88. The van der Waals surface area contributed by atoms with Gasteiger partial charge in [0.05, 0.1) is 11.0 Å². The van der Waals surface area contributed by atoms with Gasteiger partial charge in [-0.3, -0.25) is 4.57 Å². The van der Waals surface area contributed by atoms with Crippen LogP contribution in [0.15, 0.2) is 72.8 Å². The molecule has 0 spiro atoms. The zero-order chi connectivity index (χ0) is 18.4. The maximum atomic E-state index is 4.89. The highest BCUT2D eigenvalue weighted by Crippen LogP contribution is 2.28. The molecule has 0 aliphatic heterocycles. The van der Waals surface area contributed by atoms with Crippen molar-refractivity contribution in [1.82, 2.24) is 19.5 Å². The van der Waals surface area contributed by atoms with Crippen molar-refractivity contribution in [2.45, 2.75) is 13.8 Å². The molecule has 0 saturated heterocycles. The minimum Gasteiger partial charge on any atom is -0.275 e. The molecule has 0 N–H and O–H groups in total. The van der Waals surface area contributed by atoms with Crippen molar-refractivity contribution in [3.05, 3.63) is 83.9 Å². The van der Waals surface area contributed by atoms with E-state index in [2.05, 4.69) is 66.9 Å². The van der Waals surface area contributed by atoms with Gasteiger partial charge in [-0.1, -0.05) is 54.1 Å². The SMILES string of the molecule is Cc1ccc(-c2nc3nc4ccccc4nc3n2-c2cccc(C)c2)cc1. The summed E-state index contributed by atoms with van der Waals surface area (Å²) in [5.41, 5.74) is 7.66. The van der Waals surface area contributed by atoms with E-state index in [4.69, 9.17) is 15.0 Å². The Morgan fingerprint density at radius 3 is 2.15 bits per heavy atom. The lowest BCUT2D eigenvalue weighted by Gasteiger charge is -2.10. The average molecular weight is 350 g/mol. The van der Waals surface area contributed by atoms with Crippen LogP contribution in [0.4, 0.5) is 0 Å². The van der Waals surface area contributed by atoms with Gasteiger partial charge in [0, 0.05) is 11.3 Å². The van der Waals surface area contributed by atoms with Crippen LogP contribution >= 0.6 is 0 Å². The first-order valence-corrected chi connectivity index (χ1v) is 8.98. The topological polar surface area (TPSA) is 43.6 Å². The van der Waals surface area contributed by atoms with E-state index >= 15 is 0 Å². The molecule has 2 heterocycles. The minimum absolute atomic E-state index is 0.658. The Bertz CT molecular complexity index is 1280. The molecule has 0 aliphatic carbocycles. The number of aromatic nitrogens is 4. The number of rotatable bonds is 2. The van der Waals surface area contributed by atoms with Crippen LogP contribution in [0.5, 0.6) is 0 Å². The molecule has 27 heavy (non-hydrogen) atoms. The lowest BCUT2D eigenvalue weighted by Crippen LogP contribution is -1.99. The predicted octanol–water partition coefficient (Wildman–Crippen LogP) is 5.25. The summed E-state index contributed by atoms with van der Waals surface area (Å²) in [6.07, 6.45) is 0. The molecule has 2 aromatic heterocycles. The summed E-state index contributed by atoms with van der Waals surface area (Å²) in [7, 11) is 0. The Kier molecular flexibility index (Phi) is 3.50. The lowest BCUT2D eigenvalue weighted by atomic mass is 10.1. The van der Waals surface area contributed by atoms with Gasteiger partial charge in [0.1, 0.15) is 5.82 Å². The Labute approximate surface area is 157 Å². The second-order valence-electron chi connectivity index (χ2n) is 6.84. The van der Waals surface area contributed by atoms with E-state index in [0.717, 1.165) is 33.8 Å². The molecule has 0 amide bonds. The fraction of sp³-hybridized carbons (Fsp3) is 0.0870. The number of hydrogen-bond acceptors (Lipinski definition) is 3. The number of aryl methyl sites for hydroxylation is 2. The standard InChI is InChI=1S/C23H18N4/c1-15-10-12-17(13-11-15)22-26-21-23(25-20-9-4-3-8-19(20)24-21)27(22)18-7-5-6-16(2)14-18/h3-14H,1-2H3. The third-order valence-corrected chi connectivity index (χ3v) is 4.74. The highest BCUT2D eigenvalue weighted by atomic mass is 15.2. The number of hydrogen-bond donors (Lipinski definition) is 0. The molecular formula is C23H18N4. The summed E-state index contributed by atoms with van der Waals surface area (Å²) >= 11 is 0. The summed E-state index contributed by atoms with van der Waals surface area (Å²) < 4.78 is 2.10. The molecular weight excluding hydrogens is 332 g/mol. The Morgan fingerprint density at radius 2 is 1.41 bits per heavy atom. The van der Waals surface area contributed by atoms with Gasteiger partial charge in [0.15, 0.2) is 11.3 Å². The summed E-state index contributed by atoms with van der Waals surface area (Å²) in [6, 6.07) is 24.7. The molecule has 0 bridgehead atoms. The molecule has 4 heteroatoms. The van der Waals surface area contributed by atoms with Crippen molar-refractivity contribution < 1.29 is 0 Å². The lowest BCUT2D eigenvalue weighted by molar-refractivity contribution is 1.08. The number of benzene rings is 3. The van der Waals surface area contributed by atoms with Gasteiger partial charge in [-0.15, -0.1) is 0 Å². The first-order chi connectivity index (χ1) is 13.2. The maximum Gasteiger partial charge on any atom is 0.199 e. The van der Waals surface area contributed by atoms with Crippen LogP contribution < -0.4 is 0 Å². The second-order valence-corrected chi connectivity index (χ2v) is 6.84. The normalized spacial score (nSPS) is 11.3. The van der Waals surface area contributed by atoms with E-state index in [1.54, 1.807) is 0 Å². The summed E-state index contributed by atoms with van der Waals surface area (Å²) in [4.78, 5) is 14.5. The molecule has 0 radical (unpaired) electrons. The van der Waals surface area contributed by atoms with E-state index in [0.29, 0.717) is 5.65 Å². The average Bonchev–Trinajstić information content (AvgIpc) is 3.05. The molecule has 0 atom stereocenters. The summed E-state index contributed by atoms with van der Waals surface area (Å²) in [5, 5.41) is 0. The molecule has 4 nitrogen and oxygen atoms in total. The number of fused-ring (bicyclic) bond motifs is 2. The summed E-state index contributed by atoms with van der Waals surface area (Å²) in [6.45, 7) is 4.18. The molecule has 0 fully saturated rings. The van der Waals surface area contributed by atoms with Gasteiger partial charge in [0.25, 0.3) is 0 Å². The van der Waals surface area contributed by atoms with Gasteiger partial charge < -0.3 is 0 Å². The van der Waals surface area contributed by atoms with E-state index in [-0.39, 0.29) is 0 Å². The third-order valence-electron chi connectivity index (χ3n) is 4.74. The van der Waals surface area contributed by atoms with Gasteiger partial charge in [0.2, 0.25) is 0 Å². The number of imidazole rings is 1. The number of nitrogens with zero attached hydrogens (tertiary/aromatic N) is 4. The van der Waals surface area contributed by atoms with Crippen molar-refractivity contribution in [2.24, 2.45) is 0 Å². The Hall–Kier alpha value is -3.53. The molecule has 0 unspecified atom stereocenters. The molecule has 5 aromatic rings. The van der Waals surface area contributed by atoms with E-state index < -0.39 is 0 Å². The van der Waals surface area contributed by atoms with Crippen molar-refractivity contribution in [1.29, 1.82) is 0 Å². The van der Waals surface area contributed by atoms with E-state index in [9.17, 15) is 0 Å². The van der Waals surface area contributed by atoms with Crippen LogP contribution in [-0.2, 0) is 0 Å². The van der Waals surface area contributed by atoms with E-state index in [1.807, 2.05) is 24.3 Å². The van der Waals surface area contributed by atoms with Crippen LogP contribution in [0, 0.1) is 13.8 Å². The smallest absolute Gasteiger partial charge is 0.199 e. The third kappa shape index (κ3) is 2.66. The van der Waals surface area contributed by atoms with Crippen LogP contribution in [-0.4, -0.2) is 19.5 Å². The molecule has 5 rings (SSSR count). The predicted molar refractivity (Wildman–Crippen MR) is 109 cm³/mol. The quantitative estimate of drug-likeness (QED) is 0.436. The fourth-order valence-electron chi connectivity index (χ4n) is 3.36. The van der Waals surface area contributed by atoms with Crippen LogP contribution in [0.25, 0.3) is 39.4 Å². The van der Waals surface area contributed by atoms with Gasteiger partial charge in [-0.2, -0.15) is 0 Å². The maximum absolute atomic E-state index is 4.89. The monoisotopic (exact) mass is 350 g/mol. The first-order valence-electron chi connectivity index (χ1n) is 8.98. The van der Waals surface area contributed by atoms with Crippen LogP contribution in [0.2, 0.25) is 0 Å². The number of para-hydroxylation sites is 2. The fourth-order valence-corrected chi connectivity index (χ4v) is 3.36. The largest absolute Gasteiger partial charge is 0.275 e. The first kappa shape index (κ1) is 15.7. The van der Waals surface area contributed by atoms with Crippen LogP contribution in [0.1, 0.15) is 11.1 Å². The van der Waals surface area contributed by atoms with Crippen molar-refractivity contribution in [2.75, 3.05) is 0 Å². The zero-order valence-electron chi connectivity index (χ0n) is 15.2. The Morgan fingerprint density at radius 1 is 0.667 bits per heavy atom. The summed E-state index contributed by atoms with van der Waals surface area (Å²) in [5.74, 6) is 0.853. The highest BCUT2D eigenvalue weighted by Gasteiger charge is 2.17. The second kappa shape index (κ2) is 6.02.